The van der Waals surface area contributed by atoms with Crippen LogP contribution in [0.2, 0.25) is 0 Å². The number of aliphatic hydroxyl groups is 1. The predicted molar refractivity (Wildman–Crippen MR) is 62.7 cm³/mol. The van der Waals surface area contributed by atoms with Crippen LogP contribution in [0.3, 0.4) is 0 Å². The largest absolute Gasteiger partial charge is 0.468 e. The summed E-state index contributed by atoms with van der Waals surface area (Å²) in [6.07, 6.45) is -3.15. The summed E-state index contributed by atoms with van der Waals surface area (Å²) >= 11 is 0. The Morgan fingerprint density at radius 2 is 2.20 bits per heavy atom. The summed E-state index contributed by atoms with van der Waals surface area (Å²) < 4.78 is 40.2. The van der Waals surface area contributed by atoms with Gasteiger partial charge >= 0.3 is 6.18 Å². The number of pyridine rings is 1. The molecule has 9 heteroatoms. The number of carbonyl (C=O) groups is 1. The lowest BCUT2D eigenvalue weighted by Crippen LogP contribution is -2.42. The summed E-state index contributed by atoms with van der Waals surface area (Å²) in [5, 5.41) is 11.1. The molecule has 0 unspecified atom stereocenters. The van der Waals surface area contributed by atoms with Crippen LogP contribution in [-0.4, -0.2) is 41.4 Å². The monoisotopic (exact) mass is 293 g/mol. The molecule has 0 spiro atoms. The van der Waals surface area contributed by atoms with Crippen molar-refractivity contribution in [2.45, 2.75) is 18.8 Å². The van der Waals surface area contributed by atoms with Crippen molar-refractivity contribution >= 4 is 5.91 Å². The number of hydrogen-bond acceptors (Lipinski definition) is 5. The molecule has 0 bridgehead atoms. The lowest BCUT2D eigenvalue weighted by Gasteiger charge is -2.10. The average molecular weight is 293 g/mol. The van der Waals surface area contributed by atoms with Crippen molar-refractivity contribution in [2.24, 2.45) is 5.73 Å². The molecule has 6 nitrogen and oxygen atoms in total. The van der Waals surface area contributed by atoms with Gasteiger partial charge in [-0.05, 0) is 5.56 Å². The molecule has 1 aromatic rings. The third kappa shape index (κ3) is 5.85. The van der Waals surface area contributed by atoms with Crippen LogP contribution in [0, 0.1) is 0 Å². The molecule has 1 atom stereocenters. The number of carbonyl (C=O) groups excluding carboxylic acids is 1. The van der Waals surface area contributed by atoms with Gasteiger partial charge in [0, 0.05) is 18.8 Å². The maximum absolute atomic E-state index is 11.9. The number of rotatable bonds is 6. The normalized spacial score (nSPS) is 12.8. The van der Waals surface area contributed by atoms with Gasteiger partial charge in [0.15, 0.2) is 6.61 Å². The van der Waals surface area contributed by atoms with E-state index in [-0.39, 0.29) is 12.4 Å². The molecule has 1 heterocycles. The average Bonchev–Trinajstić information content (AvgIpc) is 2.41. The molecular weight excluding hydrogens is 279 g/mol. The first kappa shape index (κ1) is 16.2. The lowest BCUT2D eigenvalue weighted by molar-refractivity contribution is -0.154. The van der Waals surface area contributed by atoms with Crippen molar-refractivity contribution < 1.29 is 27.8 Å². The van der Waals surface area contributed by atoms with E-state index >= 15 is 0 Å². The molecule has 0 aliphatic rings. The van der Waals surface area contributed by atoms with Crippen LogP contribution in [0.1, 0.15) is 5.56 Å². The van der Waals surface area contributed by atoms with Crippen molar-refractivity contribution in [3.63, 3.8) is 0 Å². The molecule has 0 saturated heterocycles. The maximum atomic E-state index is 11.9. The fourth-order valence-corrected chi connectivity index (χ4v) is 1.16. The van der Waals surface area contributed by atoms with Crippen molar-refractivity contribution in [1.82, 2.24) is 10.3 Å². The summed E-state index contributed by atoms with van der Waals surface area (Å²) in [5.74, 6) is -0.700. The summed E-state index contributed by atoms with van der Waals surface area (Å²) in [6.45, 7) is -1.80. The molecule has 4 N–H and O–H groups in total. The van der Waals surface area contributed by atoms with Gasteiger partial charge in [-0.15, -0.1) is 0 Å². The fraction of sp³-hybridized carbons (Fsp3) is 0.455. The van der Waals surface area contributed by atoms with E-state index in [1.807, 2.05) is 0 Å². The summed E-state index contributed by atoms with van der Waals surface area (Å²) in [7, 11) is 0. The maximum Gasteiger partial charge on any atom is 0.422 e. The Morgan fingerprint density at radius 1 is 1.50 bits per heavy atom. The zero-order valence-electron chi connectivity index (χ0n) is 10.4. The van der Waals surface area contributed by atoms with Crippen molar-refractivity contribution in [3.05, 3.63) is 23.9 Å². The Labute approximate surface area is 112 Å². The van der Waals surface area contributed by atoms with E-state index in [0.29, 0.717) is 5.56 Å². The van der Waals surface area contributed by atoms with Crippen LogP contribution in [-0.2, 0) is 11.3 Å². The number of aromatic nitrogens is 1. The van der Waals surface area contributed by atoms with E-state index in [1.165, 1.54) is 18.3 Å². The van der Waals surface area contributed by atoms with Crippen LogP contribution < -0.4 is 15.8 Å². The zero-order valence-corrected chi connectivity index (χ0v) is 10.4. The molecule has 1 amide bonds. The molecule has 112 valence electrons. The Bertz CT molecular complexity index is 437. The molecule has 1 rings (SSSR count). The zero-order chi connectivity index (χ0) is 15.2. The number of halogens is 3. The van der Waals surface area contributed by atoms with Crippen molar-refractivity contribution in [3.8, 4) is 5.88 Å². The first-order valence-electron chi connectivity index (χ1n) is 5.60. The Balaban J connectivity index is 2.45. The van der Waals surface area contributed by atoms with E-state index in [1.54, 1.807) is 0 Å². The fourth-order valence-electron chi connectivity index (χ4n) is 1.16. The van der Waals surface area contributed by atoms with Crippen LogP contribution in [0.25, 0.3) is 0 Å². The first-order valence-corrected chi connectivity index (χ1v) is 5.60. The Hall–Kier alpha value is -1.87. The molecule has 0 radical (unpaired) electrons. The number of alkyl halides is 3. The Kier molecular flexibility index (Phi) is 5.71. The number of nitrogens with two attached hydrogens (primary N) is 1. The van der Waals surface area contributed by atoms with Crippen LogP contribution in [0.4, 0.5) is 13.2 Å². The highest BCUT2D eigenvalue weighted by Gasteiger charge is 2.28. The number of nitrogens with zero attached hydrogens (tertiary/aromatic N) is 1. The molecule has 0 aliphatic carbocycles. The van der Waals surface area contributed by atoms with E-state index in [0.717, 1.165) is 0 Å². The van der Waals surface area contributed by atoms with Gasteiger partial charge in [-0.2, -0.15) is 13.2 Å². The second-order valence-corrected chi connectivity index (χ2v) is 3.92. The van der Waals surface area contributed by atoms with Gasteiger partial charge in [0.2, 0.25) is 11.8 Å². The molecule has 0 aliphatic heterocycles. The molecule has 1 aromatic heterocycles. The second-order valence-electron chi connectivity index (χ2n) is 3.92. The minimum Gasteiger partial charge on any atom is -0.468 e. The molecule has 0 saturated carbocycles. The van der Waals surface area contributed by atoms with Crippen LogP contribution in [0.15, 0.2) is 18.3 Å². The minimum absolute atomic E-state index is 0.0963. The lowest BCUT2D eigenvalue weighted by atomic mass is 10.2. The number of nitrogens with one attached hydrogen (secondary N) is 1. The van der Waals surface area contributed by atoms with E-state index < -0.39 is 31.3 Å². The van der Waals surface area contributed by atoms with Gasteiger partial charge < -0.3 is 20.9 Å². The second kappa shape index (κ2) is 7.06. The van der Waals surface area contributed by atoms with Gasteiger partial charge in [-0.1, -0.05) is 6.07 Å². The van der Waals surface area contributed by atoms with Crippen molar-refractivity contribution in [2.75, 3.05) is 13.2 Å². The molecule has 0 fully saturated rings. The smallest absolute Gasteiger partial charge is 0.422 e. The van der Waals surface area contributed by atoms with Gasteiger partial charge in [-0.25, -0.2) is 4.98 Å². The quantitative estimate of drug-likeness (QED) is 0.683. The number of ether oxygens (including phenoxy) is 1. The number of hydrogen-bond donors (Lipinski definition) is 3. The van der Waals surface area contributed by atoms with E-state index in [4.69, 9.17) is 10.8 Å². The summed E-state index contributed by atoms with van der Waals surface area (Å²) in [5.41, 5.74) is 5.84. The standard InChI is InChI=1S/C11H14F3N3O3/c12-11(13,14)6-20-9-2-1-7(3-16-9)4-17-10(19)8(15)5-18/h1-3,8,18H,4-6,15H2,(H,17,19)/t8-/m1/s1. The van der Waals surface area contributed by atoms with Gasteiger partial charge in [0.25, 0.3) is 0 Å². The third-order valence-electron chi connectivity index (χ3n) is 2.18. The highest BCUT2D eigenvalue weighted by atomic mass is 19.4. The Morgan fingerprint density at radius 3 is 2.70 bits per heavy atom. The molecule has 20 heavy (non-hydrogen) atoms. The third-order valence-corrected chi connectivity index (χ3v) is 2.18. The minimum atomic E-state index is -4.42. The molecule has 0 aromatic carbocycles. The summed E-state index contributed by atoms with van der Waals surface area (Å²) in [4.78, 5) is 14.9. The van der Waals surface area contributed by atoms with Crippen molar-refractivity contribution in [1.29, 1.82) is 0 Å². The summed E-state index contributed by atoms with van der Waals surface area (Å²) in [6, 6.07) is 1.71. The molecular formula is C11H14F3N3O3. The first-order chi connectivity index (χ1) is 9.31. The predicted octanol–water partition coefficient (Wildman–Crippen LogP) is -0.0415. The van der Waals surface area contributed by atoms with Crippen LogP contribution >= 0.6 is 0 Å². The highest BCUT2D eigenvalue weighted by Crippen LogP contribution is 2.16. The SMILES string of the molecule is N[C@H](CO)C(=O)NCc1ccc(OCC(F)(F)F)nc1. The number of amides is 1. The number of aliphatic hydroxyl groups excluding tert-OH is 1. The topological polar surface area (TPSA) is 97.5 Å². The van der Waals surface area contributed by atoms with Gasteiger partial charge in [0.05, 0.1) is 6.61 Å². The van der Waals surface area contributed by atoms with Gasteiger partial charge in [0.1, 0.15) is 6.04 Å². The highest BCUT2D eigenvalue weighted by molar-refractivity contribution is 5.81. The van der Waals surface area contributed by atoms with E-state index in [2.05, 4.69) is 15.0 Å². The van der Waals surface area contributed by atoms with E-state index in [9.17, 15) is 18.0 Å². The van der Waals surface area contributed by atoms with Gasteiger partial charge in [-0.3, -0.25) is 4.79 Å². The van der Waals surface area contributed by atoms with Crippen LogP contribution in [0.5, 0.6) is 5.88 Å².